The highest BCUT2D eigenvalue weighted by Crippen LogP contribution is 2.22. The molecule has 2 aromatic rings. The molecule has 0 aliphatic rings. The lowest BCUT2D eigenvalue weighted by molar-refractivity contribution is -0.140. The summed E-state index contributed by atoms with van der Waals surface area (Å²) in [5.74, 6) is 0.0320. The lowest BCUT2D eigenvalue weighted by Gasteiger charge is -2.08. The van der Waals surface area contributed by atoms with Gasteiger partial charge in [0.2, 0.25) is 5.76 Å². The number of rotatable bonds is 4. The Morgan fingerprint density at radius 1 is 1.17 bits per heavy atom. The van der Waals surface area contributed by atoms with Gasteiger partial charge in [-0.15, -0.1) is 0 Å². The SMILES string of the molecule is C=C(Oc1ccc2ccccc2c1)C(=O)OCC. The molecular weight excluding hydrogens is 228 g/mol. The van der Waals surface area contributed by atoms with Crippen LogP contribution in [0.1, 0.15) is 6.92 Å². The van der Waals surface area contributed by atoms with E-state index in [1.807, 2.05) is 36.4 Å². The Morgan fingerprint density at radius 2 is 1.89 bits per heavy atom. The first-order valence-electron chi connectivity index (χ1n) is 5.73. The highest BCUT2D eigenvalue weighted by Gasteiger charge is 2.10. The highest BCUT2D eigenvalue weighted by atomic mass is 16.6. The van der Waals surface area contributed by atoms with Crippen molar-refractivity contribution < 1.29 is 14.3 Å². The zero-order valence-corrected chi connectivity index (χ0v) is 10.2. The maximum atomic E-state index is 11.4. The molecule has 2 aromatic carbocycles. The van der Waals surface area contributed by atoms with Gasteiger partial charge < -0.3 is 9.47 Å². The minimum absolute atomic E-state index is 0.00729. The first-order valence-corrected chi connectivity index (χ1v) is 5.73. The van der Waals surface area contributed by atoms with Crippen LogP contribution in [0.3, 0.4) is 0 Å². The van der Waals surface area contributed by atoms with Crippen molar-refractivity contribution >= 4 is 16.7 Å². The van der Waals surface area contributed by atoms with Crippen molar-refractivity contribution in [3.05, 3.63) is 54.8 Å². The molecule has 0 aliphatic carbocycles. The fourth-order valence-electron chi connectivity index (χ4n) is 1.63. The number of ether oxygens (including phenoxy) is 2. The molecule has 0 aliphatic heterocycles. The lowest BCUT2D eigenvalue weighted by atomic mass is 10.1. The van der Waals surface area contributed by atoms with E-state index in [4.69, 9.17) is 9.47 Å². The Hall–Kier alpha value is -2.29. The van der Waals surface area contributed by atoms with Gasteiger partial charge in [-0.2, -0.15) is 0 Å². The minimum atomic E-state index is -0.536. The summed E-state index contributed by atoms with van der Waals surface area (Å²) < 4.78 is 10.2. The summed E-state index contributed by atoms with van der Waals surface area (Å²) in [7, 11) is 0. The number of carbonyl (C=O) groups excluding carboxylic acids is 1. The summed E-state index contributed by atoms with van der Waals surface area (Å²) in [6.45, 7) is 5.59. The van der Waals surface area contributed by atoms with Crippen molar-refractivity contribution in [2.24, 2.45) is 0 Å². The minimum Gasteiger partial charge on any atom is -0.460 e. The van der Waals surface area contributed by atoms with Crippen molar-refractivity contribution in [3.8, 4) is 5.75 Å². The van der Waals surface area contributed by atoms with E-state index in [0.717, 1.165) is 10.8 Å². The Balaban J connectivity index is 2.17. The van der Waals surface area contributed by atoms with Gasteiger partial charge in [-0.05, 0) is 36.4 Å². The molecule has 3 nitrogen and oxygen atoms in total. The average Bonchev–Trinajstić information content (AvgIpc) is 2.39. The molecule has 0 fully saturated rings. The monoisotopic (exact) mass is 242 g/mol. The van der Waals surface area contributed by atoms with Crippen LogP contribution in [0.15, 0.2) is 54.8 Å². The summed E-state index contributed by atoms with van der Waals surface area (Å²) in [5, 5.41) is 2.17. The molecule has 2 rings (SSSR count). The number of fused-ring (bicyclic) bond motifs is 1. The molecule has 0 atom stereocenters. The fraction of sp³-hybridized carbons (Fsp3) is 0.133. The second-order valence-electron chi connectivity index (χ2n) is 3.75. The summed E-state index contributed by atoms with van der Waals surface area (Å²) >= 11 is 0. The van der Waals surface area contributed by atoms with E-state index in [1.165, 1.54) is 0 Å². The summed E-state index contributed by atoms with van der Waals surface area (Å²) in [6.07, 6.45) is 0. The first kappa shape index (κ1) is 12.2. The third-order valence-electron chi connectivity index (χ3n) is 2.47. The molecule has 0 aromatic heterocycles. The van der Waals surface area contributed by atoms with Crippen molar-refractivity contribution in [1.29, 1.82) is 0 Å². The fourth-order valence-corrected chi connectivity index (χ4v) is 1.63. The molecule has 0 saturated carbocycles. The molecular formula is C15H14O3. The van der Waals surface area contributed by atoms with Crippen LogP contribution in [0, 0.1) is 0 Å². The molecule has 0 saturated heterocycles. The third kappa shape index (κ3) is 2.69. The Kier molecular flexibility index (Phi) is 3.63. The molecule has 0 bridgehead atoms. The van der Waals surface area contributed by atoms with Gasteiger partial charge in [-0.1, -0.05) is 30.3 Å². The van der Waals surface area contributed by atoms with Crippen LogP contribution in [0.4, 0.5) is 0 Å². The van der Waals surface area contributed by atoms with Gasteiger partial charge in [0.15, 0.2) is 0 Å². The molecule has 0 radical (unpaired) electrons. The molecule has 92 valence electrons. The van der Waals surface area contributed by atoms with Crippen molar-refractivity contribution in [2.75, 3.05) is 6.61 Å². The molecule has 0 unspecified atom stereocenters. The third-order valence-corrected chi connectivity index (χ3v) is 2.47. The normalized spacial score (nSPS) is 10.1. The number of benzene rings is 2. The van der Waals surface area contributed by atoms with Crippen LogP contribution in [0.5, 0.6) is 5.75 Å². The summed E-state index contributed by atoms with van der Waals surface area (Å²) in [5.41, 5.74) is 0. The second-order valence-corrected chi connectivity index (χ2v) is 3.75. The van der Waals surface area contributed by atoms with Gasteiger partial charge >= 0.3 is 5.97 Å². The van der Waals surface area contributed by atoms with Gasteiger partial charge in [0.05, 0.1) is 6.61 Å². The maximum absolute atomic E-state index is 11.4. The van der Waals surface area contributed by atoms with Gasteiger partial charge in [-0.3, -0.25) is 0 Å². The predicted molar refractivity (Wildman–Crippen MR) is 70.3 cm³/mol. The van der Waals surface area contributed by atoms with Gasteiger partial charge in [-0.25, -0.2) is 4.79 Å². The second kappa shape index (κ2) is 5.36. The molecule has 18 heavy (non-hydrogen) atoms. The van der Waals surface area contributed by atoms with E-state index in [0.29, 0.717) is 12.4 Å². The van der Waals surface area contributed by atoms with E-state index in [2.05, 4.69) is 6.58 Å². The molecule has 0 heterocycles. The van der Waals surface area contributed by atoms with Crippen molar-refractivity contribution in [1.82, 2.24) is 0 Å². The number of esters is 1. The zero-order valence-electron chi connectivity index (χ0n) is 10.2. The Labute approximate surface area is 106 Å². The highest BCUT2D eigenvalue weighted by molar-refractivity contribution is 5.87. The van der Waals surface area contributed by atoms with Crippen LogP contribution < -0.4 is 4.74 Å². The first-order chi connectivity index (χ1) is 8.70. The topological polar surface area (TPSA) is 35.5 Å². The summed E-state index contributed by atoms with van der Waals surface area (Å²) in [4.78, 5) is 11.4. The smallest absolute Gasteiger partial charge is 0.373 e. The van der Waals surface area contributed by atoms with Crippen molar-refractivity contribution in [2.45, 2.75) is 6.92 Å². The Bertz CT molecular complexity index is 587. The summed E-state index contributed by atoms with van der Waals surface area (Å²) in [6, 6.07) is 13.5. The van der Waals surface area contributed by atoms with Crippen LogP contribution >= 0.6 is 0 Å². The Morgan fingerprint density at radius 3 is 2.61 bits per heavy atom. The van der Waals surface area contributed by atoms with Gasteiger partial charge in [0.25, 0.3) is 0 Å². The lowest BCUT2D eigenvalue weighted by Crippen LogP contribution is -2.11. The van der Waals surface area contributed by atoms with Crippen molar-refractivity contribution in [3.63, 3.8) is 0 Å². The molecule has 0 amide bonds. The largest absolute Gasteiger partial charge is 0.460 e. The van der Waals surface area contributed by atoms with Gasteiger partial charge in [0, 0.05) is 0 Å². The van der Waals surface area contributed by atoms with Crippen LogP contribution in [0.25, 0.3) is 10.8 Å². The van der Waals surface area contributed by atoms with Crippen LogP contribution in [-0.4, -0.2) is 12.6 Å². The quantitative estimate of drug-likeness (QED) is 0.469. The predicted octanol–water partition coefficient (Wildman–Crippen LogP) is 3.30. The standard InChI is InChI=1S/C15H14O3/c1-3-17-15(16)11(2)18-14-9-8-12-6-4-5-7-13(12)10-14/h4-10H,2-3H2,1H3. The van der Waals surface area contributed by atoms with Crippen LogP contribution in [-0.2, 0) is 9.53 Å². The molecule has 0 spiro atoms. The number of carbonyl (C=O) groups is 1. The van der Waals surface area contributed by atoms with E-state index in [9.17, 15) is 4.79 Å². The molecule has 0 N–H and O–H groups in total. The zero-order chi connectivity index (χ0) is 13.0. The van der Waals surface area contributed by atoms with Gasteiger partial charge in [0.1, 0.15) is 5.75 Å². The van der Waals surface area contributed by atoms with E-state index in [-0.39, 0.29) is 5.76 Å². The molecule has 3 heteroatoms. The number of hydrogen-bond donors (Lipinski definition) is 0. The number of hydrogen-bond acceptors (Lipinski definition) is 3. The van der Waals surface area contributed by atoms with E-state index < -0.39 is 5.97 Å². The average molecular weight is 242 g/mol. The van der Waals surface area contributed by atoms with E-state index in [1.54, 1.807) is 13.0 Å². The van der Waals surface area contributed by atoms with Crippen LogP contribution in [0.2, 0.25) is 0 Å². The maximum Gasteiger partial charge on any atom is 0.373 e. The van der Waals surface area contributed by atoms with E-state index >= 15 is 0 Å².